The van der Waals surface area contributed by atoms with Crippen LogP contribution >= 0.6 is 11.6 Å². The van der Waals surface area contributed by atoms with Crippen LogP contribution in [-0.2, 0) is 19.4 Å². The molecule has 0 aliphatic rings. The first-order valence-corrected chi connectivity index (χ1v) is 13.7. The minimum absolute atomic E-state index is 0.209. The number of benzene rings is 4. The van der Waals surface area contributed by atoms with E-state index in [1.165, 1.54) is 5.56 Å². The van der Waals surface area contributed by atoms with E-state index in [0.717, 1.165) is 47.3 Å². The normalized spacial score (nSPS) is 11.9. The molecule has 206 valence electrons. The van der Waals surface area contributed by atoms with Crippen molar-refractivity contribution in [3.8, 4) is 17.1 Å². The second-order valence-electron chi connectivity index (χ2n) is 9.73. The molecule has 5 aromatic rings. The molecular formula is C33H29ClN4O3. The number of rotatable bonds is 12. The van der Waals surface area contributed by atoms with E-state index in [1.54, 1.807) is 12.1 Å². The first-order chi connectivity index (χ1) is 20.0. The molecule has 1 aromatic heterocycles. The van der Waals surface area contributed by atoms with Gasteiger partial charge in [-0.25, -0.2) is 9.89 Å². The van der Waals surface area contributed by atoms with E-state index >= 15 is 0 Å². The Morgan fingerprint density at radius 2 is 1.66 bits per heavy atom. The molecule has 0 amide bonds. The number of aromatic amines is 1. The smallest absolute Gasteiger partial charge is 0.335 e. The summed E-state index contributed by atoms with van der Waals surface area (Å²) < 4.78 is 6.15. The average molecular weight is 565 g/mol. The van der Waals surface area contributed by atoms with Crippen molar-refractivity contribution in [1.82, 2.24) is 20.6 Å². The SMILES string of the molecule is O=C(O)c1ccc(CC(C=Cc2ccccc2OCc2ccccc2Cl)CCc2ccc(-c3nnn[nH]3)cc2)cc1. The lowest BCUT2D eigenvalue weighted by atomic mass is 9.91. The van der Waals surface area contributed by atoms with Gasteiger partial charge in [-0.1, -0.05) is 96.5 Å². The van der Waals surface area contributed by atoms with Gasteiger partial charge in [-0.3, -0.25) is 0 Å². The summed E-state index contributed by atoms with van der Waals surface area (Å²) in [4.78, 5) is 11.3. The zero-order valence-corrected chi connectivity index (χ0v) is 23.0. The molecule has 0 fully saturated rings. The molecule has 0 saturated heterocycles. The molecule has 4 aromatic carbocycles. The number of hydrogen-bond acceptors (Lipinski definition) is 5. The third kappa shape index (κ3) is 7.68. The fourth-order valence-electron chi connectivity index (χ4n) is 4.58. The van der Waals surface area contributed by atoms with Gasteiger partial charge in [-0.2, -0.15) is 0 Å². The number of carboxylic acids is 1. The largest absolute Gasteiger partial charge is 0.488 e. The summed E-state index contributed by atoms with van der Waals surface area (Å²) in [7, 11) is 0. The van der Waals surface area contributed by atoms with Crippen molar-refractivity contribution < 1.29 is 14.6 Å². The Labute approximate surface area is 243 Å². The maximum Gasteiger partial charge on any atom is 0.335 e. The molecule has 41 heavy (non-hydrogen) atoms. The molecular weight excluding hydrogens is 536 g/mol. The highest BCUT2D eigenvalue weighted by molar-refractivity contribution is 6.31. The molecule has 0 spiro atoms. The number of carboxylic acid groups (broad SMARTS) is 1. The molecule has 0 bridgehead atoms. The summed E-state index contributed by atoms with van der Waals surface area (Å²) in [6.45, 7) is 0.379. The van der Waals surface area contributed by atoms with Gasteiger partial charge in [0, 0.05) is 21.7 Å². The Hall–Kier alpha value is -4.75. The number of H-pyrrole nitrogens is 1. The molecule has 1 unspecified atom stereocenters. The molecule has 1 atom stereocenters. The van der Waals surface area contributed by atoms with Crippen molar-refractivity contribution in [3.63, 3.8) is 0 Å². The lowest BCUT2D eigenvalue weighted by molar-refractivity contribution is 0.0697. The van der Waals surface area contributed by atoms with E-state index < -0.39 is 5.97 Å². The van der Waals surface area contributed by atoms with Crippen LogP contribution in [0.4, 0.5) is 0 Å². The molecule has 5 rings (SSSR count). The van der Waals surface area contributed by atoms with Crippen molar-refractivity contribution in [3.05, 3.63) is 136 Å². The quantitative estimate of drug-likeness (QED) is 0.165. The van der Waals surface area contributed by atoms with Gasteiger partial charge in [-0.05, 0) is 71.0 Å². The number of nitrogens with one attached hydrogen (secondary N) is 1. The van der Waals surface area contributed by atoms with E-state index in [-0.39, 0.29) is 11.5 Å². The molecule has 1 heterocycles. The van der Waals surface area contributed by atoms with Crippen LogP contribution in [0.25, 0.3) is 17.5 Å². The monoisotopic (exact) mass is 564 g/mol. The van der Waals surface area contributed by atoms with E-state index in [4.69, 9.17) is 16.3 Å². The van der Waals surface area contributed by atoms with E-state index in [2.05, 4.69) is 44.9 Å². The number of halogens is 1. The second-order valence-corrected chi connectivity index (χ2v) is 10.1. The summed E-state index contributed by atoms with van der Waals surface area (Å²) in [6.07, 6.45) is 6.89. The Balaban J connectivity index is 1.31. The Morgan fingerprint density at radius 3 is 2.39 bits per heavy atom. The van der Waals surface area contributed by atoms with Crippen LogP contribution in [0.15, 0.2) is 103 Å². The fourth-order valence-corrected chi connectivity index (χ4v) is 4.77. The van der Waals surface area contributed by atoms with Gasteiger partial charge in [0.05, 0.1) is 5.56 Å². The summed E-state index contributed by atoms with van der Waals surface area (Å²) in [5.41, 5.74) is 5.43. The molecule has 0 aliphatic heterocycles. The number of allylic oxidation sites excluding steroid dienone is 1. The number of para-hydroxylation sites is 1. The highest BCUT2D eigenvalue weighted by Gasteiger charge is 2.11. The van der Waals surface area contributed by atoms with Gasteiger partial charge in [0.1, 0.15) is 12.4 Å². The number of tetrazole rings is 1. The van der Waals surface area contributed by atoms with Gasteiger partial charge in [0.2, 0.25) is 0 Å². The summed E-state index contributed by atoms with van der Waals surface area (Å²) in [6, 6.07) is 30.9. The maximum absolute atomic E-state index is 11.3. The van der Waals surface area contributed by atoms with Gasteiger partial charge in [-0.15, -0.1) is 5.10 Å². The summed E-state index contributed by atoms with van der Waals surface area (Å²) in [5, 5.41) is 24.0. The van der Waals surface area contributed by atoms with Crippen molar-refractivity contribution in [1.29, 1.82) is 0 Å². The van der Waals surface area contributed by atoms with Crippen LogP contribution in [0.3, 0.4) is 0 Å². The molecule has 0 radical (unpaired) electrons. The highest BCUT2D eigenvalue weighted by atomic mass is 35.5. The number of ether oxygens (including phenoxy) is 1. The van der Waals surface area contributed by atoms with Gasteiger partial charge < -0.3 is 9.84 Å². The number of aryl methyl sites for hydroxylation is 1. The van der Waals surface area contributed by atoms with Crippen LogP contribution < -0.4 is 4.74 Å². The Bertz CT molecular complexity index is 1600. The van der Waals surface area contributed by atoms with Crippen LogP contribution in [0.2, 0.25) is 5.02 Å². The molecule has 2 N–H and O–H groups in total. The van der Waals surface area contributed by atoms with Gasteiger partial charge in [0.15, 0.2) is 5.82 Å². The van der Waals surface area contributed by atoms with E-state index in [9.17, 15) is 9.90 Å². The lowest BCUT2D eigenvalue weighted by Crippen LogP contribution is -2.05. The van der Waals surface area contributed by atoms with Crippen LogP contribution in [0, 0.1) is 5.92 Å². The van der Waals surface area contributed by atoms with Crippen molar-refractivity contribution in [2.45, 2.75) is 25.9 Å². The minimum atomic E-state index is -0.925. The minimum Gasteiger partial charge on any atom is -0.488 e. The predicted molar refractivity (Wildman–Crippen MR) is 160 cm³/mol. The first kappa shape index (κ1) is 27.8. The van der Waals surface area contributed by atoms with Gasteiger partial charge >= 0.3 is 5.97 Å². The fraction of sp³-hybridized carbons (Fsp3) is 0.152. The number of hydrogen-bond donors (Lipinski definition) is 2. The number of aromatic nitrogens is 4. The number of carbonyl (C=O) groups is 1. The molecule has 0 aliphatic carbocycles. The summed E-state index contributed by atoms with van der Waals surface area (Å²) in [5.74, 6) is 0.703. The van der Waals surface area contributed by atoms with Crippen LogP contribution in [-0.4, -0.2) is 31.7 Å². The molecule has 0 saturated carbocycles. The van der Waals surface area contributed by atoms with Crippen molar-refractivity contribution >= 4 is 23.6 Å². The zero-order chi connectivity index (χ0) is 28.4. The zero-order valence-electron chi connectivity index (χ0n) is 22.3. The average Bonchev–Trinajstić information content (AvgIpc) is 3.54. The topological polar surface area (TPSA) is 101 Å². The highest BCUT2D eigenvalue weighted by Crippen LogP contribution is 2.26. The van der Waals surface area contributed by atoms with Crippen LogP contribution in [0.5, 0.6) is 5.75 Å². The number of aromatic carboxylic acids is 1. The Kier molecular flexibility index (Phi) is 9.19. The Morgan fingerprint density at radius 1 is 0.927 bits per heavy atom. The molecule has 8 heteroatoms. The lowest BCUT2D eigenvalue weighted by Gasteiger charge is -2.15. The maximum atomic E-state index is 11.3. The van der Waals surface area contributed by atoms with Crippen molar-refractivity contribution in [2.24, 2.45) is 5.92 Å². The third-order valence-electron chi connectivity index (χ3n) is 6.88. The second kappa shape index (κ2) is 13.5. The van der Waals surface area contributed by atoms with Crippen LogP contribution in [0.1, 0.15) is 39.0 Å². The summed E-state index contributed by atoms with van der Waals surface area (Å²) >= 11 is 6.32. The van der Waals surface area contributed by atoms with E-state index in [0.29, 0.717) is 17.5 Å². The standard InChI is InChI=1S/C33H29ClN4O3/c34-30-7-3-1-6-29(30)22-41-31-8-4-2-5-26(31)16-13-24(21-25-14-19-28(20-15-25)33(39)40)10-9-23-11-17-27(18-12-23)32-35-37-38-36-32/h1-8,11-20,24H,9-10,21-22H2,(H,39,40)(H,35,36,37,38). The van der Waals surface area contributed by atoms with E-state index in [1.807, 2.05) is 72.8 Å². The third-order valence-corrected chi connectivity index (χ3v) is 7.25. The van der Waals surface area contributed by atoms with Crippen molar-refractivity contribution in [2.75, 3.05) is 0 Å². The van der Waals surface area contributed by atoms with Gasteiger partial charge in [0.25, 0.3) is 0 Å². The number of nitrogens with zero attached hydrogens (tertiary/aromatic N) is 3. The molecule has 7 nitrogen and oxygen atoms in total. The predicted octanol–water partition coefficient (Wildman–Crippen LogP) is 7.30. The first-order valence-electron chi connectivity index (χ1n) is 13.3.